The summed E-state index contributed by atoms with van der Waals surface area (Å²) in [6.45, 7) is 6.83. The van der Waals surface area contributed by atoms with E-state index in [1.54, 1.807) is 0 Å². The van der Waals surface area contributed by atoms with Crippen molar-refractivity contribution < 1.29 is 0 Å². The lowest BCUT2D eigenvalue weighted by Crippen LogP contribution is -2.06. The summed E-state index contributed by atoms with van der Waals surface area (Å²) in [6.07, 6.45) is 5.68. The summed E-state index contributed by atoms with van der Waals surface area (Å²) in [5, 5.41) is 9.26. The molecule has 0 saturated heterocycles. The van der Waals surface area contributed by atoms with Crippen LogP contribution in [0.5, 0.6) is 0 Å². The molecule has 0 N–H and O–H groups in total. The van der Waals surface area contributed by atoms with Crippen LogP contribution in [-0.2, 0) is 0 Å². The van der Waals surface area contributed by atoms with Gasteiger partial charge < -0.3 is 4.57 Å². The molecule has 1 aromatic heterocycles. The van der Waals surface area contributed by atoms with Gasteiger partial charge in [0.15, 0.2) is 5.16 Å². The Balaban J connectivity index is 1.85. The number of aromatic nitrogens is 3. The highest BCUT2D eigenvalue weighted by atomic mass is 32.2. The van der Waals surface area contributed by atoms with Gasteiger partial charge in [0.1, 0.15) is 6.33 Å². The molecule has 1 aromatic rings. The van der Waals surface area contributed by atoms with Gasteiger partial charge in [0.2, 0.25) is 0 Å². The third-order valence-electron chi connectivity index (χ3n) is 2.56. The first kappa shape index (κ1) is 11.0. The molecular formula is C11H19N3S. The molecule has 0 aromatic carbocycles. The molecule has 1 aliphatic rings. The first-order valence-corrected chi connectivity index (χ1v) is 6.57. The van der Waals surface area contributed by atoms with Crippen LogP contribution in [0.1, 0.15) is 46.1 Å². The first-order valence-electron chi connectivity index (χ1n) is 5.58. The number of nitrogens with zero attached hydrogens (tertiary/aromatic N) is 3. The molecule has 0 unspecified atom stereocenters. The lowest BCUT2D eigenvalue weighted by atomic mass is 9.94. The molecule has 0 amide bonds. The monoisotopic (exact) mass is 225 g/mol. The van der Waals surface area contributed by atoms with Crippen molar-refractivity contribution in [3.63, 3.8) is 0 Å². The zero-order chi connectivity index (χ0) is 10.9. The van der Waals surface area contributed by atoms with E-state index in [1.807, 2.05) is 18.1 Å². The molecule has 2 rings (SSSR count). The summed E-state index contributed by atoms with van der Waals surface area (Å²) < 4.78 is 2.23. The van der Waals surface area contributed by atoms with Crippen LogP contribution in [0.4, 0.5) is 0 Å². The normalized spacial score (nSPS) is 17.0. The number of rotatable bonds is 4. The van der Waals surface area contributed by atoms with Gasteiger partial charge in [-0.05, 0) is 24.7 Å². The van der Waals surface area contributed by atoms with E-state index in [1.165, 1.54) is 19.3 Å². The molecule has 0 atom stereocenters. The average Bonchev–Trinajstić information content (AvgIpc) is 2.86. The fourth-order valence-corrected chi connectivity index (χ4v) is 2.73. The summed E-state index contributed by atoms with van der Waals surface area (Å²) in [6, 6.07) is 0.692. The standard InChI is InChI=1S/C11H19N3S/c1-11(2,3)6-7-15-10-13-12-8-14(10)9-4-5-9/h8-9H,4-7H2,1-3H3. The Hall–Kier alpha value is -0.510. The molecule has 1 aliphatic carbocycles. The van der Waals surface area contributed by atoms with Crippen molar-refractivity contribution in [2.24, 2.45) is 5.41 Å². The second-order valence-electron chi connectivity index (χ2n) is 5.41. The van der Waals surface area contributed by atoms with E-state index in [0.29, 0.717) is 11.5 Å². The predicted molar refractivity (Wildman–Crippen MR) is 63.1 cm³/mol. The van der Waals surface area contributed by atoms with Gasteiger partial charge in [0.25, 0.3) is 0 Å². The Bertz CT molecular complexity index is 323. The van der Waals surface area contributed by atoms with Crippen LogP contribution in [-0.4, -0.2) is 20.5 Å². The number of thioether (sulfide) groups is 1. The Morgan fingerprint density at radius 3 is 2.80 bits per heavy atom. The second kappa shape index (κ2) is 4.16. The van der Waals surface area contributed by atoms with Crippen LogP contribution < -0.4 is 0 Å². The fourth-order valence-electron chi connectivity index (χ4n) is 1.39. The van der Waals surface area contributed by atoms with Crippen molar-refractivity contribution in [3.8, 4) is 0 Å². The van der Waals surface area contributed by atoms with Crippen molar-refractivity contribution in [2.45, 2.75) is 51.2 Å². The first-order chi connectivity index (χ1) is 7.06. The van der Waals surface area contributed by atoms with Crippen molar-refractivity contribution >= 4 is 11.8 Å². The van der Waals surface area contributed by atoms with Gasteiger partial charge in [-0.1, -0.05) is 32.5 Å². The minimum atomic E-state index is 0.414. The lowest BCUT2D eigenvalue weighted by molar-refractivity contribution is 0.401. The quantitative estimate of drug-likeness (QED) is 0.738. The minimum Gasteiger partial charge on any atom is -0.306 e. The molecule has 0 aliphatic heterocycles. The minimum absolute atomic E-state index is 0.414. The van der Waals surface area contributed by atoms with Crippen molar-refractivity contribution in [1.82, 2.24) is 14.8 Å². The highest BCUT2D eigenvalue weighted by Gasteiger charge is 2.26. The van der Waals surface area contributed by atoms with Gasteiger partial charge in [-0.2, -0.15) is 0 Å². The fraction of sp³-hybridized carbons (Fsp3) is 0.818. The SMILES string of the molecule is CC(C)(C)CCSc1nncn1C1CC1. The van der Waals surface area contributed by atoms with E-state index in [-0.39, 0.29) is 0 Å². The van der Waals surface area contributed by atoms with Crippen LogP contribution in [0.25, 0.3) is 0 Å². The molecule has 0 radical (unpaired) electrons. The summed E-state index contributed by atoms with van der Waals surface area (Å²) in [5.41, 5.74) is 0.414. The van der Waals surface area contributed by atoms with Crippen molar-refractivity contribution in [3.05, 3.63) is 6.33 Å². The predicted octanol–water partition coefficient (Wildman–Crippen LogP) is 3.14. The van der Waals surface area contributed by atoms with Crippen LogP contribution in [0.3, 0.4) is 0 Å². The van der Waals surface area contributed by atoms with Crippen LogP contribution >= 0.6 is 11.8 Å². The van der Waals surface area contributed by atoms with E-state index in [2.05, 4.69) is 35.5 Å². The molecule has 0 bridgehead atoms. The van der Waals surface area contributed by atoms with E-state index >= 15 is 0 Å². The summed E-state index contributed by atoms with van der Waals surface area (Å²) in [4.78, 5) is 0. The van der Waals surface area contributed by atoms with Gasteiger partial charge in [0.05, 0.1) is 0 Å². The molecule has 1 saturated carbocycles. The molecular weight excluding hydrogens is 206 g/mol. The second-order valence-corrected chi connectivity index (χ2v) is 6.47. The Labute approximate surface area is 95.7 Å². The Morgan fingerprint density at radius 1 is 1.47 bits per heavy atom. The topological polar surface area (TPSA) is 30.7 Å². The van der Waals surface area contributed by atoms with E-state index in [4.69, 9.17) is 0 Å². The molecule has 3 nitrogen and oxygen atoms in total. The van der Waals surface area contributed by atoms with Gasteiger partial charge in [-0.25, -0.2) is 0 Å². The third kappa shape index (κ3) is 3.23. The zero-order valence-corrected chi connectivity index (χ0v) is 10.5. The smallest absolute Gasteiger partial charge is 0.191 e. The highest BCUT2D eigenvalue weighted by Crippen LogP contribution is 2.37. The zero-order valence-electron chi connectivity index (χ0n) is 9.73. The Morgan fingerprint density at radius 2 is 2.20 bits per heavy atom. The molecule has 84 valence electrons. The molecule has 1 heterocycles. The Kier molecular flexibility index (Phi) is 3.05. The maximum atomic E-state index is 4.17. The molecule has 1 fully saturated rings. The summed E-state index contributed by atoms with van der Waals surface area (Å²) in [7, 11) is 0. The third-order valence-corrected chi connectivity index (χ3v) is 3.52. The highest BCUT2D eigenvalue weighted by molar-refractivity contribution is 7.99. The van der Waals surface area contributed by atoms with E-state index in [9.17, 15) is 0 Å². The van der Waals surface area contributed by atoms with Gasteiger partial charge in [-0.3, -0.25) is 0 Å². The van der Waals surface area contributed by atoms with Crippen molar-refractivity contribution in [2.75, 3.05) is 5.75 Å². The van der Waals surface area contributed by atoms with E-state index < -0.39 is 0 Å². The molecule has 0 spiro atoms. The molecule has 15 heavy (non-hydrogen) atoms. The summed E-state index contributed by atoms with van der Waals surface area (Å²) in [5.74, 6) is 1.13. The number of hydrogen-bond donors (Lipinski definition) is 0. The lowest BCUT2D eigenvalue weighted by Gasteiger charge is -2.17. The van der Waals surface area contributed by atoms with Crippen molar-refractivity contribution in [1.29, 1.82) is 0 Å². The van der Waals surface area contributed by atoms with Gasteiger partial charge >= 0.3 is 0 Å². The van der Waals surface area contributed by atoms with Gasteiger partial charge in [0, 0.05) is 11.8 Å². The van der Waals surface area contributed by atoms with E-state index in [0.717, 1.165) is 10.9 Å². The molecule has 4 heteroatoms. The van der Waals surface area contributed by atoms with Crippen LogP contribution in [0, 0.1) is 5.41 Å². The summed E-state index contributed by atoms with van der Waals surface area (Å²) >= 11 is 1.84. The maximum absolute atomic E-state index is 4.17. The maximum Gasteiger partial charge on any atom is 0.191 e. The number of hydrogen-bond acceptors (Lipinski definition) is 3. The van der Waals surface area contributed by atoms with Crippen LogP contribution in [0.2, 0.25) is 0 Å². The largest absolute Gasteiger partial charge is 0.306 e. The average molecular weight is 225 g/mol. The van der Waals surface area contributed by atoms with Gasteiger partial charge in [-0.15, -0.1) is 10.2 Å². The van der Waals surface area contributed by atoms with Crippen LogP contribution in [0.15, 0.2) is 11.5 Å².